The third kappa shape index (κ3) is 3.28. The maximum atomic E-state index is 12.2. The monoisotopic (exact) mass is 310 g/mol. The van der Waals surface area contributed by atoms with Crippen molar-refractivity contribution in [3.63, 3.8) is 0 Å². The fourth-order valence-corrected chi connectivity index (χ4v) is 3.12. The number of hydrogen-bond donors (Lipinski definition) is 1. The van der Waals surface area contributed by atoms with Gasteiger partial charge in [-0.25, -0.2) is 0 Å². The van der Waals surface area contributed by atoms with Gasteiger partial charge in [0.25, 0.3) is 5.91 Å². The largest absolute Gasteiger partial charge is 0.451 e. The molecule has 0 aromatic carbocycles. The van der Waals surface area contributed by atoms with E-state index in [4.69, 9.17) is 4.74 Å². The van der Waals surface area contributed by atoms with E-state index in [2.05, 4.69) is 5.32 Å². The predicted molar refractivity (Wildman–Crippen MR) is 76.4 cm³/mol. The molecule has 1 N–H and O–H groups in total. The van der Waals surface area contributed by atoms with E-state index in [0.717, 1.165) is 17.7 Å². The molecule has 3 atom stereocenters. The van der Waals surface area contributed by atoms with E-state index in [-0.39, 0.29) is 23.7 Å². The molecule has 1 saturated heterocycles. The minimum atomic E-state index is -0.942. The zero-order valence-corrected chi connectivity index (χ0v) is 13.0. The van der Waals surface area contributed by atoms with Gasteiger partial charge < -0.3 is 10.1 Å². The van der Waals surface area contributed by atoms with Crippen LogP contribution in [-0.4, -0.2) is 47.8 Å². The number of imide groups is 1. The zero-order valence-electron chi connectivity index (χ0n) is 13.0. The average Bonchev–Trinajstić information content (AvgIpc) is 2.73. The Hall–Kier alpha value is -1.92. The molecular formula is C15H22N2O5. The molecule has 0 unspecified atom stereocenters. The summed E-state index contributed by atoms with van der Waals surface area (Å²) in [6.45, 7) is 3.24. The van der Waals surface area contributed by atoms with Crippen LogP contribution in [-0.2, 0) is 23.9 Å². The summed E-state index contributed by atoms with van der Waals surface area (Å²) >= 11 is 0. The lowest BCUT2D eigenvalue weighted by molar-refractivity contribution is -0.159. The average molecular weight is 310 g/mol. The minimum Gasteiger partial charge on any atom is -0.451 e. The van der Waals surface area contributed by atoms with Crippen molar-refractivity contribution in [3.05, 3.63) is 0 Å². The molecule has 1 saturated carbocycles. The van der Waals surface area contributed by atoms with Gasteiger partial charge >= 0.3 is 5.97 Å². The first-order valence-corrected chi connectivity index (χ1v) is 7.78. The summed E-state index contributed by atoms with van der Waals surface area (Å²) in [7, 11) is 0. The number of nitrogens with zero attached hydrogens (tertiary/aromatic N) is 1. The molecule has 122 valence electrons. The number of likely N-dealkylation sites (tertiary alicyclic amines) is 1. The highest BCUT2D eigenvalue weighted by Gasteiger charge is 2.48. The van der Waals surface area contributed by atoms with Gasteiger partial charge in [0, 0.05) is 6.54 Å². The fraction of sp³-hybridized carbons (Fsp3) is 0.733. The van der Waals surface area contributed by atoms with Crippen LogP contribution < -0.4 is 5.32 Å². The van der Waals surface area contributed by atoms with E-state index in [1.54, 1.807) is 6.92 Å². The molecule has 2 aliphatic rings. The van der Waals surface area contributed by atoms with E-state index >= 15 is 0 Å². The number of carbonyl (C=O) groups excluding carboxylic acids is 4. The molecule has 2 rings (SSSR count). The van der Waals surface area contributed by atoms with Crippen LogP contribution in [0.3, 0.4) is 0 Å². The fourth-order valence-electron chi connectivity index (χ4n) is 3.12. The van der Waals surface area contributed by atoms with Crippen molar-refractivity contribution in [1.82, 2.24) is 10.2 Å². The zero-order chi connectivity index (χ0) is 16.3. The number of ether oxygens (including phenoxy) is 1. The molecule has 2 fully saturated rings. The first-order chi connectivity index (χ1) is 10.5. The first kappa shape index (κ1) is 16.5. The molecule has 0 aromatic rings. The number of rotatable bonds is 5. The van der Waals surface area contributed by atoms with Crippen LogP contribution in [0.1, 0.15) is 39.5 Å². The first-order valence-electron chi connectivity index (χ1n) is 7.78. The Labute approximate surface area is 129 Å². The van der Waals surface area contributed by atoms with E-state index < -0.39 is 24.5 Å². The third-order valence-electron chi connectivity index (χ3n) is 4.25. The number of likely N-dealkylation sites (N-methyl/N-ethyl adjacent to an activating group) is 1. The van der Waals surface area contributed by atoms with Gasteiger partial charge in [0.05, 0.1) is 11.8 Å². The lowest BCUT2D eigenvalue weighted by atomic mass is 9.81. The number of amides is 3. The van der Waals surface area contributed by atoms with Crippen LogP contribution in [0.5, 0.6) is 0 Å². The maximum absolute atomic E-state index is 12.2. The van der Waals surface area contributed by atoms with Gasteiger partial charge in [-0.2, -0.15) is 0 Å². The van der Waals surface area contributed by atoms with Crippen LogP contribution >= 0.6 is 0 Å². The van der Waals surface area contributed by atoms with Crippen molar-refractivity contribution in [2.45, 2.75) is 45.6 Å². The summed E-state index contributed by atoms with van der Waals surface area (Å²) in [6, 6.07) is 0. The molecule has 0 radical (unpaired) electrons. The number of nitrogens with one attached hydrogen (secondary N) is 1. The molecule has 0 bridgehead atoms. The Morgan fingerprint density at radius 3 is 2.27 bits per heavy atom. The lowest BCUT2D eigenvalue weighted by Crippen LogP contribution is -2.40. The Kier molecular flexibility index (Phi) is 5.15. The third-order valence-corrected chi connectivity index (χ3v) is 4.25. The second-order valence-corrected chi connectivity index (χ2v) is 5.79. The summed E-state index contributed by atoms with van der Waals surface area (Å²) in [5.74, 6) is -2.26. The van der Waals surface area contributed by atoms with Crippen molar-refractivity contribution < 1.29 is 23.9 Å². The number of fused-ring (bicyclic) bond motifs is 1. The van der Waals surface area contributed by atoms with Gasteiger partial charge in [0.1, 0.15) is 6.54 Å². The van der Waals surface area contributed by atoms with Gasteiger partial charge in [-0.05, 0) is 26.7 Å². The second-order valence-electron chi connectivity index (χ2n) is 5.79. The lowest BCUT2D eigenvalue weighted by Gasteiger charge is -2.19. The van der Waals surface area contributed by atoms with Crippen molar-refractivity contribution in [2.24, 2.45) is 11.8 Å². The number of carbonyl (C=O) groups is 4. The second kappa shape index (κ2) is 6.89. The van der Waals surface area contributed by atoms with Crippen LogP contribution in [0.25, 0.3) is 0 Å². The highest BCUT2D eigenvalue weighted by Crippen LogP contribution is 2.37. The molecule has 0 aromatic heterocycles. The molecule has 22 heavy (non-hydrogen) atoms. The molecule has 3 amide bonds. The van der Waals surface area contributed by atoms with Crippen molar-refractivity contribution >= 4 is 23.7 Å². The van der Waals surface area contributed by atoms with E-state index in [1.165, 1.54) is 6.92 Å². The van der Waals surface area contributed by atoms with Crippen LogP contribution in [0.4, 0.5) is 0 Å². The molecule has 1 aliphatic heterocycles. The summed E-state index contributed by atoms with van der Waals surface area (Å²) in [5, 5.41) is 2.54. The molecule has 7 heteroatoms. The topological polar surface area (TPSA) is 92.8 Å². The summed E-state index contributed by atoms with van der Waals surface area (Å²) in [6.07, 6.45) is 2.34. The van der Waals surface area contributed by atoms with Gasteiger partial charge in [0.15, 0.2) is 6.10 Å². The highest BCUT2D eigenvalue weighted by molar-refractivity contribution is 6.07. The molecule has 0 spiro atoms. The van der Waals surface area contributed by atoms with Gasteiger partial charge in [-0.15, -0.1) is 0 Å². The van der Waals surface area contributed by atoms with Gasteiger partial charge in [-0.3, -0.25) is 24.1 Å². The van der Waals surface area contributed by atoms with E-state index in [1.807, 2.05) is 0 Å². The molecular weight excluding hydrogens is 288 g/mol. The van der Waals surface area contributed by atoms with Crippen LogP contribution in [0.2, 0.25) is 0 Å². The Morgan fingerprint density at radius 2 is 1.77 bits per heavy atom. The van der Waals surface area contributed by atoms with Crippen molar-refractivity contribution in [3.8, 4) is 0 Å². The van der Waals surface area contributed by atoms with E-state index in [9.17, 15) is 19.2 Å². The molecule has 1 heterocycles. The van der Waals surface area contributed by atoms with Crippen molar-refractivity contribution in [2.75, 3.05) is 13.1 Å². The number of esters is 1. The summed E-state index contributed by atoms with van der Waals surface area (Å²) < 4.78 is 4.98. The predicted octanol–water partition coefficient (Wildman–Crippen LogP) is 0.229. The van der Waals surface area contributed by atoms with E-state index in [0.29, 0.717) is 19.4 Å². The molecule has 1 aliphatic carbocycles. The van der Waals surface area contributed by atoms with Gasteiger partial charge in [0.2, 0.25) is 11.8 Å². The Morgan fingerprint density at radius 1 is 1.23 bits per heavy atom. The smallest absolute Gasteiger partial charge is 0.326 e. The van der Waals surface area contributed by atoms with Gasteiger partial charge in [-0.1, -0.05) is 12.8 Å². The quantitative estimate of drug-likeness (QED) is 0.579. The SMILES string of the molecule is CCNC(=O)[C@@H](C)OC(=O)CN1C(=O)[C@H]2CCCC[C@H]2C1=O. The Bertz CT molecular complexity index is 466. The van der Waals surface area contributed by atoms with Crippen LogP contribution in [0, 0.1) is 11.8 Å². The highest BCUT2D eigenvalue weighted by atomic mass is 16.5. The minimum absolute atomic E-state index is 0.280. The molecule has 7 nitrogen and oxygen atoms in total. The summed E-state index contributed by atoms with van der Waals surface area (Å²) in [4.78, 5) is 48.8. The maximum Gasteiger partial charge on any atom is 0.326 e. The standard InChI is InChI=1S/C15H22N2O5/c1-3-16-13(19)9(2)22-12(18)8-17-14(20)10-6-4-5-7-11(10)15(17)21/h9-11H,3-8H2,1-2H3,(H,16,19)/t9-,10-,11+/m1/s1. The van der Waals surface area contributed by atoms with Crippen molar-refractivity contribution in [1.29, 1.82) is 0 Å². The number of hydrogen-bond acceptors (Lipinski definition) is 5. The summed E-state index contributed by atoms with van der Waals surface area (Å²) in [5.41, 5.74) is 0. The Balaban J connectivity index is 1.92. The normalized spacial score (nSPS) is 25.6. The van der Waals surface area contributed by atoms with Crippen LogP contribution in [0.15, 0.2) is 0 Å².